The summed E-state index contributed by atoms with van der Waals surface area (Å²) in [6.07, 6.45) is 1.54. The van der Waals surface area contributed by atoms with Crippen molar-refractivity contribution in [1.82, 2.24) is 5.32 Å². The maximum Gasteiger partial charge on any atom is 0.261 e. The van der Waals surface area contributed by atoms with Gasteiger partial charge in [-0.25, -0.2) is 0 Å². The molecular formula is C11H17NO2S. The molecule has 1 aromatic heterocycles. The van der Waals surface area contributed by atoms with Gasteiger partial charge in [0.2, 0.25) is 0 Å². The van der Waals surface area contributed by atoms with Gasteiger partial charge in [-0.05, 0) is 43.7 Å². The first kappa shape index (κ1) is 12.2. The van der Waals surface area contributed by atoms with E-state index in [9.17, 15) is 4.79 Å². The molecule has 3 nitrogen and oxygen atoms in total. The van der Waals surface area contributed by atoms with Gasteiger partial charge in [0, 0.05) is 12.6 Å². The minimum Gasteiger partial charge on any atom is -0.396 e. The Bertz CT molecular complexity index is 322. The molecule has 1 aromatic rings. The van der Waals surface area contributed by atoms with Crippen LogP contribution >= 0.6 is 11.3 Å². The summed E-state index contributed by atoms with van der Waals surface area (Å²) in [6.45, 7) is 4.07. The van der Waals surface area contributed by atoms with Crippen LogP contribution in [0.25, 0.3) is 0 Å². The second-order valence-corrected chi connectivity index (χ2v) is 4.59. The lowest BCUT2D eigenvalue weighted by atomic mass is 10.2. The number of rotatable bonds is 5. The van der Waals surface area contributed by atoms with Crippen molar-refractivity contribution in [1.29, 1.82) is 0 Å². The van der Waals surface area contributed by atoms with Crippen LogP contribution in [-0.2, 0) is 0 Å². The van der Waals surface area contributed by atoms with Crippen LogP contribution in [0.4, 0.5) is 0 Å². The van der Waals surface area contributed by atoms with Crippen molar-refractivity contribution in [3.63, 3.8) is 0 Å². The molecule has 0 radical (unpaired) electrons. The number of thiophene rings is 1. The normalized spacial score (nSPS) is 12.5. The maximum atomic E-state index is 11.7. The van der Waals surface area contributed by atoms with E-state index in [1.807, 2.05) is 25.3 Å². The van der Waals surface area contributed by atoms with Crippen molar-refractivity contribution in [2.75, 3.05) is 6.61 Å². The number of hydrogen-bond donors (Lipinski definition) is 2. The Morgan fingerprint density at radius 3 is 2.93 bits per heavy atom. The van der Waals surface area contributed by atoms with Gasteiger partial charge in [-0.1, -0.05) is 0 Å². The summed E-state index contributed by atoms with van der Waals surface area (Å²) >= 11 is 1.46. The summed E-state index contributed by atoms with van der Waals surface area (Å²) in [5, 5.41) is 13.5. The number of amides is 1. The minimum absolute atomic E-state index is 0.00654. The molecule has 1 atom stereocenters. The largest absolute Gasteiger partial charge is 0.396 e. The highest BCUT2D eigenvalue weighted by atomic mass is 32.1. The summed E-state index contributed by atoms with van der Waals surface area (Å²) < 4.78 is 0. The number of nitrogens with one attached hydrogen (secondary N) is 1. The second kappa shape index (κ2) is 5.88. The molecule has 1 unspecified atom stereocenters. The van der Waals surface area contributed by atoms with E-state index in [1.165, 1.54) is 11.3 Å². The molecule has 0 bridgehead atoms. The first-order valence-corrected chi connectivity index (χ1v) is 5.99. The second-order valence-electron chi connectivity index (χ2n) is 3.67. The first-order valence-electron chi connectivity index (χ1n) is 5.11. The molecular weight excluding hydrogens is 210 g/mol. The number of aliphatic hydroxyl groups is 1. The van der Waals surface area contributed by atoms with Gasteiger partial charge >= 0.3 is 0 Å². The Balaban J connectivity index is 2.46. The van der Waals surface area contributed by atoms with E-state index in [4.69, 9.17) is 5.11 Å². The molecule has 0 spiro atoms. The van der Waals surface area contributed by atoms with Gasteiger partial charge in [0.25, 0.3) is 5.91 Å². The molecule has 1 heterocycles. The zero-order valence-electron chi connectivity index (χ0n) is 9.12. The Morgan fingerprint density at radius 1 is 1.67 bits per heavy atom. The molecule has 0 aliphatic carbocycles. The van der Waals surface area contributed by atoms with Crippen LogP contribution in [0.2, 0.25) is 0 Å². The fraction of sp³-hybridized carbons (Fsp3) is 0.545. The third-order valence-corrected chi connectivity index (χ3v) is 3.26. The van der Waals surface area contributed by atoms with E-state index >= 15 is 0 Å². The van der Waals surface area contributed by atoms with Crippen LogP contribution in [-0.4, -0.2) is 23.7 Å². The average molecular weight is 227 g/mol. The molecule has 4 heteroatoms. The van der Waals surface area contributed by atoms with E-state index in [0.29, 0.717) is 0 Å². The van der Waals surface area contributed by atoms with Gasteiger partial charge in [-0.15, -0.1) is 11.3 Å². The molecule has 2 N–H and O–H groups in total. The minimum atomic E-state index is -0.00654. The zero-order chi connectivity index (χ0) is 11.3. The van der Waals surface area contributed by atoms with Crippen LogP contribution in [0.5, 0.6) is 0 Å². The topological polar surface area (TPSA) is 49.3 Å². The molecule has 0 aliphatic heterocycles. The third kappa shape index (κ3) is 3.64. The summed E-state index contributed by atoms with van der Waals surface area (Å²) in [7, 11) is 0. The number of carbonyl (C=O) groups is 1. The fourth-order valence-corrected chi connectivity index (χ4v) is 2.19. The lowest BCUT2D eigenvalue weighted by Gasteiger charge is -2.12. The maximum absolute atomic E-state index is 11.7. The zero-order valence-corrected chi connectivity index (χ0v) is 9.93. The van der Waals surface area contributed by atoms with Gasteiger partial charge < -0.3 is 10.4 Å². The quantitative estimate of drug-likeness (QED) is 0.807. The van der Waals surface area contributed by atoms with Crippen LogP contribution in [0.15, 0.2) is 11.4 Å². The number of aliphatic hydroxyl groups excluding tert-OH is 1. The lowest BCUT2D eigenvalue weighted by Crippen LogP contribution is -2.32. The Labute approximate surface area is 94.1 Å². The highest BCUT2D eigenvalue weighted by molar-refractivity contribution is 7.12. The van der Waals surface area contributed by atoms with Crippen molar-refractivity contribution >= 4 is 17.2 Å². The molecule has 0 saturated carbocycles. The van der Waals surface area contributed by atoms with Crippen molar-refractivity contribution in [2.45, 2.75) is 32.7 Å². The van der Waals surface area contributed by atoms with Gasteiger partial charge in [-0.3, -0.25) is 4.79 Å². The van der Waals surface area contributed by atoms with Crippen LogP contribution in [0.1, 0.15) is 35.0 Å². The number of hydrogen-bond acceptors (Lipinski definition) is 3. The lowest BCUT2D eigenvalue weighted by molar-refractivity contribution is 0.0940. The summed E-state index contributed by atoms with van der Waals surface area (Å²) in [6, 6.07) is 2.06. The van der Waals surface area contributed by atoms with E-state index < -0.39 is 0 Å². The highest BCUT2D eigenvalue weighted by Crippen LogP contribution is 2.15. The van der Waals surface area contributed by atoms with E-state index in [0.717, 1.165) is 23.3 Å². The molecule has 0 saturated heterocycles. The monoisotopic (exact) mass is 227 g/mol. The highest BCUT2D eigenvalue weighted by Gasteiger charge is 2.12. The van der Waals surface area contributed by atoms with Gasteiger partial charge in [0.15, 0.2) is 0 Å². The smallest absolute Gasteiger partial charge is 0.261 e. The summed E-state index contributed by atoms with van der Waals surface area (Å²) in [4.78, 5) is 12.5. The predicted octanol–water partition coefficient (Wildman–Crippen LogP) is 1.95. The van der Waals surface area contributed by atoms with Gasteiger partial charge in [-0.2, -0.15) is 0 Å². The van der Waals surface area contributed by atoms with Crippen molar-refractivity contribution in [2.24, 2.45) is 0 Å². The van der Waals surface area contributed by atoms with Crippen LogP contribution in [0.3, 0.4) is 0 Å². The average Bonchev–Trinajstić information content (AvgIpc) is 2.61. The SMILES string of the molecule is Cc1ccsc1C(=O)NC(C)CCCO. The van der Waals surface area contributed by atoms with Gasteiger partial charge in [0.1, 0.15) is 0 Å². The molecule has 0 aliphatic rings. The summed E-state index contributed by atoms with van der Waals surface area (Å²) in [5.74, 6) is -0.00654. The summed E-state index contributed by atoms with van der Waals surface area (Å²) in [5.41, 5.74) is 1.02. The molecule has 1 amide bonds. The molecule has 0 aromatic carbocycles. The Hall–Kier alpha value is -0.870. The third-order valence-electron chi connectivity index (χ3n) is 2.24. The number of carbonyl (C=O) groups excluding carboxylic acids is 1. The van der Waals surface area contributed by atoms with Crippen molar-refractivity contribution in [3.05, 3.63) is 21.9 Å². The molecule has 84 valence electrons. The predicted molar refractivity (Wildman–Crippen MR) is 62.3 cm³/mol. The number of aryl methyl sites for hydroxylation is 1. The van der Waals surface area contributed by atoms with E-state index in [-0.39, 0.29) is 18.6 Å². The van der Waals surface area contributed by atoms with Crippen molar-refractivity contribution in [3.8, 4) is 0 Å². The fourth-order valence-electron chi connectivity index (χ4n) is 1.36. The van der Waals surface area contributed by atoms with Crippen molar-refractivity contribution < 1.29 is 9.90 Å². The van der Waals surface area contributed by atoms with Gasteiger partial charge in [0.05, 0.1) is 4.88 Å². The van der Waals surface area contributed by atoms with E-state index in [2.05, 4.69) is 5.32 Å². The Morgan fingerprint density at radius 2 is 2.40 bits per heavy atom. The standard InChI is InChI=1S/C11H17NO2S/c1-8-5-7-15-10(8)11(14)12-9(2)4-3-6-13/h5,7,9,13H,3-4,6H2,1-2H3,(H,12,14). The Kier molecular flexibility index (Phi) is 4.78. The first-order chi connectivity index (χ1) is 7.15. The van der Waals surface area contributed by atoms with E-state index in [1.54, 1.807) is 0 Å². The van der Waals surface area contributed by atoms with Crippen LogP contribution in [0, 0.1) is 6.92 Å². The molecule has 0 fully saturated rings. The molecule has 15 heavy (non-hydrogen) atoms. The molecule has 1 rings (SSSR count). The van der Waals surface area contributed by atoms with Crippen LogP contribution < -0.4 is 5.32 Å².